The summed E-state index contributed by atoms with van der Waals surface area (Å²) in [6.45, 7) is 10.9. The highest BCUT2D eigenvalue weighted by Crippen LogP contribution is 2.13. The molecule has 0 aliphatic carbocycles. The highest BCUT2D eigenvalue weighted by atomic mass is 16.1. The van der Waals surface area contributed by atoms with Crippen molar-refractivity contribution in [3.05, 3.63) is 47.5 Å². The topological polar surface area (TPSA) is 32.3 Å². The summed E-state index contributed by atoms with van der Waals surface area (Å²) in [4.78, 5) is 14.6. The summed E-state index contributed by atoms with van der Waals surface area (Å²) in [6.07, 6.45) is 3.98. The van der Waals surface area contributed by atoms with Crippen LogP contribution in [0, 0.1) is 13.8 Å². The first kappa shape index (κ1) is 14.8. The lowest BCUT2D eigenvalue weighted by atomic mass is 10.0. The van der Waals surface area contributed by atoms with Crippen LogP contribution in [0.1, 0.15) is 34.3 Å². The summed E-state index contributed by atoms with van der Waals surface area (Å²) in [6, 6.07) is 6.18. The zero-order chi connectivity index (χ0) is 14.5. The second-order valence-electron chi connectivity index (χ2n) is 5.64. The lowest BCUT2D eigenvalue weighted by Crippen LogP contribution is -2.44. The van der Waals surface area contributed by atoms with Crippen molar-refractivity contribution in [2.75, 3.05) is 19.6 Å². The molecule has 1 N–H and O–H groups in total. The molecule has 1 saturated heterocycles. The van der Waals surface area contributed by atoms with Crippen molar-refractivity contribution in [3.63, 3.8) is 0 Å². The molecule has 1 aliphatic heterocycles. The van der Waals surface area contributed by atoms with Crippen molar-refractivity contribution in [3.8, 4) is 0 Å². The fraction of sp³-hybridized carbons (Fsp3) is 0.471. The maximum Gasteiger partial charge on any atom is 0.251 e. The fourth-order valence-corrected chi connectivity index (χ4v) is 2.59. The number of rotatable bonds is 4. The van der Waals surface area contributed by atoms with Gasteiger partial charge in [0, 0.05) is 31.2 Å². The Morgan fingerprint density at radius 3 is 2.65 bits per heavy atom. The summed E-state index contributed by atoms with van der Waals surface area (Å²) in [5.74, 6) is 0.0512. The van der Waals surface area contributed by atoms with Crippen LogP contribution in [0.2, 0.25) is 0 Å². The first-order chi connectivity index (χ1) is 9.60. The molecule has 0 unspecified atom stereocenters. The lowest BCUT2D eigenvalue weighted by molar-refractivity contribution is 0.0914. The van der Waals surface area contributed by atoms with Crippen LogP contribution in [0.5, 0.6) is 0 Å². The van der Waals surface area contributed by atoms with Gasteiger partial charge in [0.1, 0.15) is 0 Å². The van der Waals surface area contributed by atoms with Gasteiger partial charge in [0.15, 0.2) is 0 Å². The number of carbonyl (C=O) groups is 1. The summed E-state index contributed by atoms with van der Waals surface area (Å²) in [5, 5.41) is 3.15. The van der Waals surface area contributed by atoms with Crippen LogP contribution < -0.4 is 5.32 Å². The zero-order valence-corrected chi connectivity index (χ0v) is 12.5. The molecule has 0 saturated carbocycles. The highest BCUT2D eigenvalue weighted by molar-refractivity contribution is 5.94. The Morgan fingerprint density at radius 2 is 2.05 bits per heavy atom. The minimum absolute atomic E-state index is 0.0512. The maximum atomic E-state index is 12.2. The van der Waals surface area contributed by atoms with Gasteiger partial charge in [-0.05, 0) is 49.9 Å². The van der Waals surface area contributed by atoms with Gasteiger partial charge < -0.3 is 5.32 Å². The van der Waals surface area contributed by atoms with Crippen LogP contribution in [0.4, 0.5) is 0 Å². The molecule has 3 heteroatoms. The number of nitrogens with one attached hydrogen (secondary N) is 1. The van der Waals surface area contributed by atoms with Gasteiger partial charge in [-0.25, -0.2) is 0 Å². The number of likely N-dealkylation sites (tertiary alicyclic amines) is 1. The average molecular weight is 272 g/mol. The molecule has 2 rings (SSSR count). The van der Waals surface area contributed by atoms with Gasteiger partial charge in [-0.15, -0.1) is 6.58 Å². The van der Waals surface area contributed by atoms with Gasteiger partial charge >= 0.3 is 0 Å². The minimum atomic E-state index is 0.0512. The number of benzene rings is 1. The average Bonchev–Trinajstić information content (AvgIpc) is 2.44. The maximum absolute atomic E-state index is 12.2. The molecule has 1 amide bonds. The van der Waals surface area contributed by atoms with Gasteiger partial charge in [-0.2, -0.15) is 0 Å². The van der Waals surface area contributed by atoms with E-state index in [0.29, 0.717) is 6.04 Å². The van der Waals surface area contributed by atoms with Gasteiger partial charge in [-0.3, -0.25) is 9.69 Å². The van der Waals surface area contributed by atoms with Gasteiger partial charge in [0.2, 0.25) is 0 Å². The van der Waals surface area contributed by atoms with Crippen molar-refractivity contribution >= 4 is 5.91 Å². The van der Waals surface area contributed by atoms with E-state index in [4.69, 9.17) is 0 Å². The third kappa shape index (κ3) is 3.70. The van der Waals surface area contributed by atoms with Crippen molar-refractivity contribution in [1.29, 1.82) is 0 Å². The molecule has 1 fully saturated rings. The Hall–Kier alpha value is -1.61. The van der Waals surface area contributed by atoms with E-state index in [0.717, 1.165) is 38.0 Å². The van der Waals surface area contributed by atoms with Crippen molar-refractivity contribution in [2.45, 2.75) is 32.7 Å². The van der Waals surface area contributed by atoms with E-state index in [1.54, 1.807) is 0 Å². The van der Waals surface area contributed by atoms with E-state index in [-0.39, 0.29) is 5.91 Å². The molecule has 3 nitrogen and oxygen atoms in total. The molecule has 1 aliphatic rings. The van der Waals surface area contributed by atoms with E-state index < -0.39 is 0 Å². The smallest absolute Gasteiger partial charge is 0.251 e. The van der Waals surface area contributed by atoms with Crippen LogP contribution >= 0.6 is 0 Å². The first-order valence-electron chi connectivity index (χ1n) is 7.31. The number of aryl methyl sites for hydroxylation is 2. The number of carbonyl (C=O) groups excluding carboxylic acids is 1. The highest BCUT2D eigenvalue weighted by Gasteiger charge is 2.20. The standard InChI is InChI=1S/C17H24N2O/c1-4-9-19-10-7-16(8-11-19)18-17(20)15-6-5-13(2)14(3)12-15/h4-6,12,16H,1,7-11H2,2-3H3,(H,18,20). The molecule has 0 atom stereocenters. The second-order valence-corrected chi connectivity index (χ2v) is 5.64. The number of nitrogens with zero attached hydrogens (tertiary/aromatic N) is 1. The van der Waals surface area contributed by atoms with E-state index in [2.05, 4.69) is 23.7 Å². The molecular formula is C17H24N2O. The second kappa shape index (κ2) is 6.71. The Bertz CT molecular complexity index is 488. The zero-order valence-electron chi connectivity index (χ0n) is 12.5. The molecule has 1 aromatic carbocycles. The summed E-state index contributed by atoms with van der Waals surface area (Å²) in [5.41, 5.74) is 3.15. The predicted octanol–water partition coefficient (Wildman–Crippen LogP) is 2.68. The summed E-state index contributed by atoms with van der Waals surface area (Å²) < 4.78 is 0. The summed E-state index contributed by atoms with van der Waals surface area (Å²) in [7, 11) is 0. The minimum Gasteiger partial charge on any atom is -0.349 e. The molecular weight excluding hydrogens is 248 g/mol. The van der Waals surface area contributed by atoms with Gasteiger partial charge in [0.25, 0.3) is 5.91 Å². The molecule has 0 radical (unpaired) electrons. The van der Waals surface area contributed by atoms with Crippen LogP contribution in [0.15, 0.2) is 30.9 Å². The Kier molecular flexibility index (Phi) is 4.96. The van der Waals surface area contributed by atoms with Crippen molar-refractivity contribution < 1.29 is 4.79 Å². The largest absolute Gasteiger partial charge is 0.349 e. The lowest BCUT2D eigenvalue weighted by Gasteiger charge is -2.31. The Balaban J connectivity index is 1.89. The van der Waals surface area contributed by atoms with Gasteiger partial charge in [0.05, 0.1) is 0 Å². The number of hydrogen-bond acceptors (Lipinski definition) is 2. The van der Waals surface area contributed by atoms with E-state index >= 15 is 0 Å². The first-order valence-corrected chi connectivity index (χ1v) is 7.31. The molecule has 0 spiro atoms. The van der Waals surface area contributed by atoms with Crippen LogP contribution in [-0.4, -0.2) is 36.5 Å². The monoisotopic (exact) mass is 272 g/mol. The third-order valence-electron chi connectivity index (χ3n) is 4.08. The van der Waals surface area contributed by atoms with Crippen LogP contribution in [0.25, 0.3) is 0 Å². The van der Waals surface area contributed by atoms with E-state index in [9.17, 15) is 4.79 Å². The Labute approximate surface area is 121 Å². The van der Waals surface area contributed by atoms with Crippen LogP contribution in [-0.2, 0) is 0 Å². The number of hydrogen-bond donors (Lipinski definition) is 1. The van der Waals surface area contributed by atoms with Crippen LogP contribution in [0.3, 0.4) is 0 Å². The normalized spacial score (nSPS) is 16.9. The molecule has 1 heterocycles. The molecule has 0 bridgehead atoms. The quantitative estimate of drug-likeness (QED) is 0.855. The molecule has 1 aromatic rings. The Morgan fingerprint density at radius 1 is 1.35 bits per heavy atom. The molecule has 108 valence electrons. The SMILES string of the molecule is C=CCN1CCC(NC(=O)c2ccc(C)c(C)c2)CC1. The van der Waals surface area contributed by atoms with Crippen molar-refractivity contribution in [2.24, 2.45) is 0 Å². The van der Waals surface area contributed by atoms with E-state index in [1.165, 1.54) is 11.1 Å². The molecule has 0 aromatic heterocycles. The predicted molar refractivity (Wildman–Crippen MR) is 83.0 cm³/mol. The van der Waals surface area contributed by atoms with Gasteiger partial charge in [-0.1, -0.05) is 12.1 Å². The van der Waals surface area contributed by atoms with E-state index in [1.807, 2.05) is 31.2 Å². The number of piperidine rings is 1. The summed E-state index contributed by atoms with van der Waals surface area (Å²) >= 11 is 0. The number of amides is 1. The third-order valence-corrected chi connectivity index (χ3v) is 4.08. The van der Waals surface area contributed by atoms with Crippen molar-refractivity contribution in [1.82, 2.24) is 10.2 Å². The fourth-order valence-electron chi connectivity index (χ4n) is 2.59. The molecule has 20 heavy (non-hydrogen) atoms.